The standard InChI is InChI=1S/C11H16N6/c1-8-11(13-5-4-12-8)9(2)14-6-10-15-7-17(3)16-10/h4-5,7,9,14H,6H2,1-3H3. The van der Waals surface area contributed by atoms with Crippen LogP contribution < -0.4 is 5.32 Å². The molecule has 2 rings (SSSR count). The molecule has 0 bridgehead atoms. The summed E-state index contributed by atoms with van der Waals surface area (Å²) >= 11 is 0. The molecule has 2 aromatic heterocycles. The minimum atomic E-state index is 0.132. The maximum absolute atomic E-state index is 4.32. The Bertz CT molecular complexity index is 492. The fraction of sp³-hybridized carbons (Fsp3) is 0.455. The van der Waals surface area contributed by atoms with Crippen molar-refractivity contribution in [2.45, 2.75) is 26.4 Å². The van der Waals surface area contributed by atoms with Crippen LogP contribution in [0.3, 0.4) is 0 Å². The van der Waals surface area contributed by atoms with Crippen LogP contribution in [0.15, 0.2) is 18.7 Å². The van der Waals surface area contributed by atoms with Crippen molar-refractivity contribution in [3.8, 4) is 0 Å². The molecule has 0 aliphatic rings. The summed E-state index contributed by atoms with van der Waals surface area (Å²) in [5.41, 5.74) is 1.91. The summed E-state index contributed by atoms with van der Waals surface area (Å²) in [6, 6.07) is 0.132. The van der Waals surface area contributed by atoms with E-state index in [0.717, 1.165) is 17.2 Å². The number of hydrogen-bond acceptors (Lipinski definition) is 5. The molecule has 1 N–H and O–H groups in total. The van der Waals surface area contributed by atoms with Crippen molar-refractivity contribution < 1.29 is 0 Å². The summed E-state index contributed by atoms with van der Waals surface area (Å²) in [5, 5.41) is 7.53. The van der Waals surface area contributed by atoms with Gasteiger partial charge >= 0.3 is 0 Å². The highest BCUT2D eigenvalue weighted by molar-refractivity contribution is 5.12. The van der Waals surface area contributed by atoms with Crippen LogP contribution in [0.25, 0.3) is 0 Å². The smallest absolute Gasteiger partial charge is 0.164 e. The topological polar surface area (TPSA) is 68.5 Å². The van der Waals surface area contributed by atoms with Gasteiger partial charge in [0, 0.05) is 25.5 Å². The second-order valence-corrected chi connectivity index (χ2v) is 3.96. The first-order chi connectivity index (χ1) is 8.16. The van der Waals surface area contributed by atoms with Crippen molar-refractivity contribution in [3.63, 3.8) is 0 Å². The Morgan fingerprint density at radius 2 is 2.06 bits per heavy atom. The first kappa shape index (κ1) is 11.7. The Morgan fingerprint density at radius 1 is 1.29 bits per heavy atom. The van der Waals surface area contributed by atoms with Gasteiger partial charge in [0.2, 0.25) is 0 Å². The van der Waals surface area contributed by atoms with Gasteiger partial charge in [0.05, 0.1) is 17.9 Å². The third kappa shape index (κ3) is 2.85. The van der Waals surface area contributed by atoms with Gasteiger partial charge in [0.1, 0.15) is 6.33 Å². The van der Waals surface area contributed by atoms with E-state index in [1.807, 2.05) is 14.0 Å². The van der Waals surface area contributed by atoms with Gasteiger partial charge in [-0.1, -0.05) is 0 Å². The van der Waals surface area contributed by atoms with Gasteiger partial charge in [0.25, 0.3) is 0 Å². The largest absolute Gasteiger partial charge is 0.302 e. The van der Waals surface area contributed by atoms with Crippen molar-refractivity contribution in [3.05, 3.63) is 35.9 Å². The zero-order chi connectivity index (χ0) is 12.3. The molecule has 0 aromatic carbocycles. The molecule has 6 heteroatoms. The molecule has 0 amide bonds. The van der Waals surface area contributed by atoms with Crippen molar-refractivity contribution in [1.29, 1.82) is 0 Å². The molecule has 17 heavy (non-hydrogen) atoms. The number of nitrogens with zero attached hydrogens (tertiary/aromatic N) is 5. The van der Waals surface area contributed by atoms with Gasteiger partial charge in [-0.3, -0.25) is 14.6 Å². The molecule has 2 heterocycles. The highest BCUT2D eigenvalue weighted by Crippen LogP contribution is 2.11. The van der Waals surface area contributed by atoms with Crippen LogP contribution in [-0.2, 0) is 13.6 Å². The lowest BCUT2D eigenvalue weighted by Crippen LogP contribution is -2.21. The normalized spacial score (nSPS) is 12.6. The molecule has 0 aliphatic carbocycles. The van der Waals surface area contributed by atoms with Crippen LogP contribution in [0, 0.1) is 6.92 Å². The van der Waals surface area contributed by atoms with Crippen molar-refractivity contribution in [1.82, 2.24) is 30.0 Å². The predicted octanol–water partition coefficient (Wildman–Crippen LogP) is 0.764. The Labute approximate surface area is 100 Å². The number of rotatable bonds is 4. The van der Waals surface area contributed by atoms with E-state index in [1.54, 1.807) is 23.4 Å². The second kappa shape index (κ2) is 5.01. The zero-order valence-corrected chi connectivity index (χ0v) is 10.3. The molecule has 1 unspecified atom stereocenters. The number of hydrogen-bond donors (Lipinski definition) is 1. The minimum absolute atomic E-state index is 0.132. The van der Waals surface area contributed by atoms with Crippen molar-refractivity contribution >= 4 is 0 Å². The number of nitrogens with one attached hydrogen (secondary N) is 1. The van der Waals surface area contributed by atoms with Crippen molar-refractivity contribution in [2.24, 2.45) is 7.05 Å². The predicted molar refractivity (Wildman–Crippen MR) is 63.0 cm³/mol. The van der Waals surface area contributed by atoms with E-state index < -0.39 is 0 Å². The van der Waals surface area contributed by atoms with Crippen LogP contribution in [0.2, 0.25) is 0 Å². The van der Waals surface area contributed by atoms with E-state index in [1.165, 1.54) is 0 Å². The fourth-order valence-corrected chi connectivity index (χ4v) is 1.65. The lowest BCUT2D eigenvalue weighted by Gasteiger charge is -2.13. The molecule has 2 aromatic rings. The van der Waals surface area contributed by atoms with Crippen LogP contribution in [0.4, 0.5) is 0 Å². The van der Waals surface area contributed by atoms with Gasteiger partial charge in [-0.15, -0.1) is 0 Å². The van der Waals surface area contributed by atoms with E-state index in [9.17, 15) is 0 Å². The minimum Gasteiger partial charge on any atom is -0.302 e. The molecule has 1 atom stereocenters. The van der Waals surface area contributed by atoms with Gasteiger partial charge in [-0.25, -0.2) is 4.98 Å². The Hall–Kier alpha value is -1.82. The van der Waals surface area contributed by atoms with Gasteiger partial charge in [0.15, 0.2) is 5.82 Å². The average Bonchev–Trinajstić information content (AvgIpc) is 2.73. The first-order valence-electron chi connectivity index (χ1n) is 5.52. The maximum Gasteiger partial charge on any atom is 0.164 e. The summed E-state index contributed by atoms with van der Waals surface area (Å²) in [5.74, 6) is 0.779. The molecular weight excluding hydrogens is 216 g/mol. The molecule has 0 radical (unpaired) electrons. The molecule has 6 nitrogen and oxygen atoms in total. The fourth-order valence-electron chi connectivity index (χ4n) is 1.65. The molecule has 0 saturated heterocycles. The third-order valence-electron chi connectivity index (χ3n) is 2.54. The summed E-state index contributed by atoms with van der Waals surface area (Å²) in [6.45, 7) is 4.64. The highest BCUT2D eigenvalue weighted by Gasteiger charge is 2.10. The quantitative estimate of drug-likeness (QED) is 0.843. The number of aryl methyl sites for hydroxylation is 2. The van der Waals surface area contributed by atoms with E-state index in [4.69, 9.17) is 0 Å². The van der Waals surface area contributed by atoms with Crippen LogP contribution in [-0.4, -0.2) is 24.7 Å². The lowest BCUT2D eigenvalue weighted by molar-refractivity contribution is 0.540. The molecule has 0 aliphatic heterocycles. The van der Waals surface area contributed by atoms with Gasteiger partial charge in [-0.2, -0.15) is 5.10 Å². The molecule has 0 spiro atoms. The average molecular weight is 232 g/mol. The Morgan fingerprint density at radius 3 is 2.71 bits per heavy atom. The summed E-state index contributed by atoms with van der Waals surface area (Å²) in [6.07, 6.45) is 5.10. The zero-order valence-electron chi connectivity index (χ0n) is 10.3. The molecule has 0 fully saturated rings. The van der Waals surface area contributed by atoms with E-state index in [0.29, 0.717) is 6.54 Å². The third-order valence-corrected chi connectivity index (χ3v) is 2.54. The Kier molecular flexibility index (Phi) is 3.43. The van der Waals surface area contributed by atoms with E-state index in [2.05, 4.69) is 32.3 Å². The molecule has 90 valence electrons. The van der Waals surface area contributed by atoms with Gasteiger partial charge < -0.3 is 5.32 Å². The van der Waals surface area contributed by atoms with E-state index in [-0.39, 0.29) is 6.04 Å². The number of aromatic nitrogens is 5. The van der Waals surface area contributed by atoms with Crippen LogP contribution in [0.5, 0.6) is 0 Å². The first-order valence-corrected chi connectivity index (χ1v) is 5.52. The lowest BCUT2D eigenvalue weighted by atomic mass is 10.2. The SMILES string of the molecule is Cc1nccnc1C(C)NCc1ncn(C)n1. The highest BCUT2D eigenvalue weighted by atomic mass is 15.3. The van der Waals surface area contributed by atoms with E-state index >= 15 is 0 Å². The van der Waals surface area contributed by atoms with Crippen LogP contribution >= 0.6 is 0 Å². The maximum atomic E-state index is 4.32. The monoisotopic (exact) mass is 232 g/mol. The molecular formula is C11H16N6. The van der Waals surface area contributed by atoms with Crippen molar-refractivity contribution in [2.75, 3.05) is 0 Å². The molecule has 0 saturated carbocycles. The van der Waals surface area contributed by atoms with Gasteiger partial charge in [-0.05, 0) is 13.8 Å². The summed E-state index contributed by atoms with van der Waals surface area (Å²) in [7, 11) is 1.85. The van der Waals surface area contributed by atoms with Crippen LogP contribution in [0.1, 0.15) is 30.2 Å². The summed E-state index contributed by atoms with van der Waals surface area (Å²) < 4.78 is 1.69. The summed E-state index contributed by atoms with van der Waals surface area (Å²) in [4.78, 5) is 12.7. The Balaban J connectivity index is 1.98. The second-order valence-electron chi connectivity index (χ2n) is 3.96.